The molecule has 142 valence electrons. The molecule has 1 atom stereocenters. The maximum Gasteiger partial charge on any atom is 0.262 e. The van der Waals surface area contributed by atoms with Gasteiger partial charge in [0, 0.05) is 34.4 Å². The number of benzene rings is 3. The van der Waals surface area contributed by atoms with Crippen molar-refractivity contribution in [1.29, 1.82) is 0 Å². The summed E-state index contributed by atoms with van der Waals surface area (Å²) in [6.07, 6.45) is 1.60. The second kappa shape index (κ2) is 6.04. The van der Waals surface area contributed by atoms with Gasteiger partial charge in [-0.2, -0.15) is 0 Å². The Morgan fingerprint density at radius 1 is 0.931 bits per heavy atom. The zero-order valence-corrected chi connectivity index (χ0v) is 15.4. The molecule has 0 saturated carbocycles. The van der Waals surface area contributed by atoms with Gasteiger partial charge in [-0.05, 0) is 30.3 Å². The first-order chi connectivity index (χ1) is 14.3. The predicted molar refractivity (Wildman–Crippen MR) is 110 cm³/mol. The Morgan fingerprint density at radius 2 is 1.76 bits per heavy atom. The van der Waals surface area contributed by atoms with Crippen LogP contribution < -0.4 is 19.7 Å². The highest BCUT2D eigenvalue weighted by Gasteiger charge is 2.35. The average Bonchev–Trinajstić information content (AvgIpc) is 3.40. The van der Waals surface area contributed by atoms with Gasteiger partial charge in [0.25, 0.3) is 5.91 Å². The van der Waals surface area contributed by atoms with Crippen LogP contribution in [0, 0.1) is 0 Å². The summed E-state index contributed by atoms with van der Waals surface area (Å²) in [6, 6.07) is 21.3. The molecule has 3 aromatic carbocycles. The second-order valence-electron chi connectivity index (χ2n) is 7.09. The number of aromatic amines is 1. The number of rotatable bonds is 2. The molecule has 29 heavy (non-hydrogen) atoms. The quantitative estimate of drug-likeness (QED) is 0.528. The van der Waals surface area contributed by atoms with Crippen molar-refractivity contribution in [3.63, 3.8) is 0 Å². The fourth-order valence-electron chi connectivity index (χ4n) is 4.09. The van der Waals surface area contributed by atoms with Gasteiger partial charge in [0.2, 0.25) is 6.79 Å². The van der Waals surface area contributed by atoms with Gasteiger partial charge >= 0.3 is 0 Å². The van der Waals surface area contributed by atoms with E-state index < -0.39 is 0 Å². The lowest BCUT2D eigenvalue weighted by Crippen LogP contribution is -2.43. The number of para-hydroxylation sites is 2. The molecule has 1 aromatic heterocycles. The number of carbonyl (C=O) groups is 1. The normalized spacial score (nSPS) is 17.3. The van der Waals surface area contributed by atoms with Crippen molar-refractivity contribution in [3.8, 4) is 11.5 Å². The molecule has 0 aliphatic carbocycles. The molecule has 6 nitrogen and oxygen atoms in total. The molecule has 4 aromatic rings. The van der Waals surface area contributed by atoms with Crippen LogP contribution in [0.2, 0.25) is 0 Å². The summed E-state index contributed by atoms with van der Waals surface area (Å²) in [5, 5.41) is 4.62. The van der Waals surface area contributed by atoms with Gasteiger partial charge in [0.1, 0.15) is 6.17 Å². The summed E-state index contributed by atoms with van der Waals surface area (Å²) >= 11 is 0. The largest absolute Gasteiger partial charge is 0.454 e. The van der Waals surface area contributed by atoms with Crippen LogP contribution in [-0.2, 0) is 0 Å². The van der Waals surface area contributed by atoms with Crippen molar-refractivity contribution >= 4 is 28.2 Å². The first-order valence-corrected chi connectivity index (χ1v) is 9.44. The monoisotopic (exact) mass is 383 g/mol. The van der Waals surface area contributed by atoms with Crippen molar-refractivity contribution in [2.24, 2.45) is 0 Å². The Labute approximate surface area is 166 Å². The van der Waals surface area contributed by atoms with Crippen LogP contribution >= 0.6 is 0 Å². The van der Waals surface area contributed by atoms with Crippen LogP contribution in [0.1, 0.15) is 22.1 Å². The molecule has 0 unspecified atom stereocenters. The number of carbonyl (C=O) groups excluding carboxylic acids is 1. The molecular weight excluding hydrogens is 366 g/mol. The number of ether oxygens (including phenoxy) is 2. The molecule has 0 bridgehead atoms. The van der Waals surface area contributed by atoms with E-state index in [0.717, 1.165) is 27.8 Å². The lowest BCUT2D eigenvalue weighted by Gasteiger charge is -2.38. The fourth-order valence-corrected chi connectivity index (χ4v) is 4.09. The smallest absolute Gasteiger partial charge is 0.262 e. The summed E-state index contributed by atoms with van der Waals surface area (Å²) in [5.74, 6) is 1.27. The number of hydrogen-bond donors (Lipinski definition) is 2. The molecular formula is C23H17N3O3. The van der Waals surface area contributed by atoms with Gasteiger partial charge in [-0.25, -0.2) is 0 Å². The van der Waals surface area contributed by atoms with E-state index in [1.165, 1.54) is 0 Å². The summed E-state index contributed by atoms with van der Waals surface area (Å²) in [7, 11) is 0. The van der Waals surface area contributed by atoms with Crippen LogP contribution in [-0.4, -0.2) is 17.7 Å². The third-order valence-corrected chi connectivity index (χ3v) is 5.48. The van der Waals surface area contributed by atoms with Gasteiger partial charge in [0.15, 0.2) is 11.5 Å². The SMILES string of the molecule is O=C1c2ccccc2N[C@H](c2c[nH]c3ccccc23)N1c1ccc2c(c1)OCO2. The number of nitrogens with zero attached hydrogens (tertiary/aromatic N) is 1. The maximum atomic E-state index is 13.6. The minimum atomic E-state index is -0.367. The van der Waals surface area contributed by atoms with Crippen LogP contribution in [0.4, 0.5) is 11.4 Å². The van der Waals surface area contributed by atoms with E-state index in [2.05, 4.69) is 16.4 Å². The van der Waals surface area contributed by atoms with Crippen LogP contribution in [0.5, 0.6) is 11.5 Å². The van der Waals surface area contributed by atoms with E-state index in [9.17, 15) is 4.79 Å². The van der Waals surface area contributed by atoms with E-state index in [-0.39, 0.29) is 18.9 Å². The third-order valence-electron chi connectivity index (χ3n) is 5.48. The lowest BCUT2D eigenvalue weighted by atomic mass is 10.0. The lowest BCUT2D eigenvalue weighted by molar-refractivity contribution is 0.0975. The van der Waals surface area contributed by atoms with Crippen LogP contribution in [0.15, 0.2) is 72.9 Å². The molecule has 0 saturated heterocycles. The number of nitrogens with one attached hydrogen (secondary N) is 2. The molecule has 2 aliphatic rings. The van der Waals surface area contributed by atoms with Crippen molar-refractivity contribution in [1.82, 2.24) is 4.98 Å². The Kier molecular flexibility index (Phi) is 3.34. The number of H-pyrrole nitrogens is 1. The summed E-state index contributed by atoms with van der Waals surface area (Å²) in [6.45, 7) is 0.194. The highest BCUT2D eigenvalue weighted by molar-refractivity contribution is 6.12. The van der Waals surface area contributed by atoms with E-state index >= 15 is 0 Å². The minimum absolute atomic E-state index is 0.0616. The molecule has 0 fully saturated rings. The zero-order valence-electron chi connectivity index (χ0n) is 15.4. The number of hydrogen-bond acceptors (Lipinski definition) is 4. The van der Waals surface area contributed by atoms with Crippen molar-refractivity contribution in [3.05, 3.63) is 84.1 Å². The molecule has 1 amide bonds. The summed E-state index contributed by atoms with van der Waals surface area (Å²) in [5.41, 5.74) is 4.24. The predicted octanol–water partition coefficient (Wildman–Crippen LogP) is 4.67. The number of aromatic nitrogens is 1. The van der Waals surface area contributed by atoms with Crippen molar-refractivity contribution < 1.29 is 14.3 Å². The zero-order chi connectivity index (χ0) is 19.4. The molecule has 0 radical (unpaired) electrons. The highest BCUT2D eigenvalue weighted by Crippen LogP contribution is 2.42. The fraction of sp³-hybridized carbons (Fsp3) is 0.0870. The Hall–Kier alpha value is -3.93. The average molecular weight is 383 g/mol. The van der Waals surface area contributed by atoms with Crippen LogP contribution in [0.25, 0.3) is 10.9 Å². The van der Waals surface area contributed by atoms with Crippen molar-refractivity contribution in [2.45, 2.75) is 6.17 Å². The Balaban J connectivity index is 1.55. The first-order valence-electron chi connectivity index (χ1n) is 9.44. The van der Waals surface area contributed by atoms with Gasteiger partial charge < -0.3 is 19.8 Å². The highest BCUT2D eigenvalue weighted by atomic mass is 16.7. The number of amides is 1. The van der Waals surface area contributed by atoms with E-state index in [1.807, 2.05) is 66.9 Å². The molecule has 6 rings (SSSR count). The molecule has 3 heterocycles. The van der Waals surface area contributed by atoms with Gasteiger partial charge in [-0.15, -0.1) is 0 Å². The molecule has 2 aliphatic heterocycles. The molecule has 2 N–H and O–H groups in total. The summed E-state index contributed by atoms with van der Waals surface area (Å²) in [4.78, 5) is 18.7. The number of fused-ring (bicyclic) bond motifs is 3. The maximum absolute atomic E-state index is 13.6. The van der Waals surface area contributed by atoms with E-state index in [1.54, 1.807) is 4.90 Å². The Morgan fingerprint density at radius 3 is 2.72 bits per heavy atom. The summed E-state index contributed by atoms with van der Waals surface area (Å²) < 4.78 is 11.0. The third kappa shape index (κ3) is 2.39. The van der Waals surface area contributed by atoms with Gasteiger partial charge in [-0.3, -0.25) is 9.69 Å². The van der Waals surface area contributed by atoms with E-state index in [0.29, 0.717) is 17.1 Å². The standard InChI is InChI=1S/C23H17N3O3/c27-23-16-6-2-4-8-19(16)25-22(17-12-24-18-7-3-1-5-15(17)18)26(23)14-9-10-20-21(11-14)29-13-28-20/h1-12,22,24-25H,13H2/t22-/m0/s1. The number of anilines is 2. The van der Waals surface area contributed by atoms with Crippen LogP contribution in [0.3, 0.4) is 0 Å². The second-order valence-corrected chi connectivity index (χ2v) is 7.09. The molecule has 6 heteroatoms. The first kappa shape index (κ1) is 16.1. The van der Waals surface area contributed by atoms with Crippen molar-refractivity contribution in [2.75, 3.05) is 17.0 Å². The van der Waals surface area contributed by atoms with Gasteiger partial charge in [-0.1, -0.05) is 30.3 Å². The van der Waals surface area contributed by atoms with Gasteiger partial charge in [0.05, 0.1) is 11.3 Å². The van der Waals surface area contributed by atoms with E-state index in [4.69, 9.17) is 9.47 Å². The Bertz CT molecular complexity index is 1260. The minimum Gasteiger partial charge on any atom is -0.454 e. The topological polar surface area (TPSA) is 66.6 Å². The molecule has 0 spiro atoms.